The van der Waals surface area contributed by atoms with Crippen LogP contribution >= 0.6 is 12.4 Å². The lowest BCUT2D eigenvalue weighted by molar-refractivity contribution is -0.138. The number of rotatable bonds is 12. The van der Waals surface area contributed by atoms with Crippen LogP contribution in [0.15, 0.2) is 60.7 Å². The molecule has 0 saturated carbocycles. The lowest BCUT2D eigenvalue weighted by atomic mass is 10.0. The summed E-state index contributed by atoms with van der Waals surface area (Å²) >= 11 is 0. The number of carbonyl (C=O) groups excluding carboxylic acids is 1. The molecule has 0 aliphatic heterocycles. The van der Waals surface area contributed by atoms with Crippen molar-refractivity contribution in [3.8, 4) is 11.1 Å². The zero-order chi connectivity index (χ0) is 20.0. The van der Waals surface area contributed by atoms with Crippen LogP contribution in [0.1, 0.15) is 45.1 Å². The molecule has 0 radical (unpaired) electrons. The zero-order valence-electron chi connectivity index (χ0n) is 17.7. The van der Waals surface area contributed by atoms with Crippen molar-refractivity contribution in [3.05, 3.63) is 66.2 Å². The van der Waals surface area contributed by atoms with E-state index in [9.17, 15) is 4.79 Å². The Labute approximate surface area is 182 Å². The van der Waals surface area contributed by atoms with Crippen molar-refractivity contribution < 1.29 is 9.53 Å². The molecule has 0 unspecified atom stereocenters. The molecule has 0 heterocycles. The molecule has 29 heavy (non-hydrogen) atoms. The summed E-state index contributed by atoms with van der Waals surface area (Å²) < 4.78 is 5.38. The van der Waals surface area contributed by atoms with Gasteiger partial charge >= 0.3 is 5.97 Å². The molecule has 0 aliphatic rings. The van der Waals surface area contributed by atoms with Crippen molar-refractivity contribution in [1.29, 1.82) is 0 Å². The Balaban J connectivity index is 0.00000420. The highest BCUT2D eigenvalue weighted by Crippen LogP contribution is 2.19. The molecule has 3 nitrogen and oxygen atoms in total. The van der Waals surface area contributed by atoms with Gasteiger partial charge in [-0.1, -0.05) is 81.3 Å². The second-order valence-corrected chi connectivity index (χ2v) is 7.04. The number of nitrogens with zero attached hydrogens (tertiary/aromatic N) is 1. The molecule has 2 rings (SSSR count). The van der Waals surface area contributed by atoms with Crippen LogP contribution in [-0.2, 0) is 9.53 Å². The van der Waals surface area contributed by atoms with Crippen molar-refractivity contribution in [2.24, 2.45) is 0 Å². The first-order valence-electron chi connectivity index (χ1n) is 10.5. The third kappa shape index (κ3) is 9.78. The van der Waals surface area contributed by atoms with E-state index in [2.05, 4.69) is 43.0 Å². The van der Waals surface area contributed by atoms with Gasteiger partial charge in [-0.2, -0.15) is 0 Å². The molecule has 0 N–H and O–H groups in total. The number of halogens is 1. The van der Waals surface area contributed by atoms with Crippen LogP contribution in [0.2, 0.25) is 0 Å². The molecule has 4 heteroatoms. The maximum atomic E-state index is 12.0. The molecule has 0 spiro atoms. The van der Waals surface area contributed by atoms with Gasteiger partial charge in [-0.25, -0.2) is 4.79 Å². The summed E-state index contributed by atoms with van der Waals surface area (Å²) in [6.07, 6.45) is 8.08. The third-order valence-electron chi connectivity index (χ3n) is 4.74. The summed E-state index contributed by atoms with van der Waals surface area (Å²) in [6.45, 7) is 7.83. The maximum absolute atomic E-state index is 12.0. The van der Waals surface area contributed by atoms with Crippen LogP contribution in [0.4, 0.5) is 0 Å². The Morgan fingerprint density at radius 1 is 0.862 bits per heavy atom. The summed E-state index contributed by atoms with van der Waals surface area (Å²) in [5.74, 6) is -0.280. The predicted molar refractivity (Wildman–Crippen MR) is 125 cm³/mol. The van der Waals surface area contributed by atoms with Gasteiger partial charge in [0.15, 0.2) is 0 Å². The number of ether oxygens (including phenoxy) is 1. The summed E-state index contributed by atoms with van der Waals surface area (Å²) in [4.78, 5) is 14.4. The van der Waals surface area contributed by atoms with E-state index in [0.717, 1.165) is 25.2 Å². The number of unbranched alkanes of at least 4 members (excludes halogenated alkanes) is 2. The highest BCUT2D eigenvalue weighted by molar-refractivity contribution is 5.87. The summed E-state index contributed by atoms with van der Waals surface area (Å²) in [5, 5.41) is 0. The van der Waals surface area contributed by atoms with E-state index in [1.54, 1.807) is 0 Å². The zero-order valence-corrected chi connectivity index (χ0v) is 18.5. The standard InChI is InChI=1S/C25H33NO2.ClH/c1-3-5-18-26(19-6-4-2)20-21-28-25(27)17-14-22-12-15-24(16-13-22)23-10-8-7-9-11-23;/h7-17H,3-6,18-21H2,1-2H3;1H/b17-14-;. The van der Waals surface area contributed by atoms with Crippen molar-refractivity contribution in [3.63, 3.8) is 0 Å². The van der Waals surface area contributed by atoms with E-state index >= 15 is 0 Å². The van der Waals surface area contributed by atoms with E-state index in [0.29, 0.717) is 6.61 Å². The number of carbonyl (C=O) groups is 1. The minimum atomic E-state index is -0.280. The monoisotopic (exact) mass is 415 g/mol. The molecular weight excluding hydrogens is 382 g/mol. The highest BCUT2D eigenvalue weighted by Gasteiger charge is 2.05. The number of hydrogen-bond donors (Lipinski definition) is 0. The molecule has 0 fully saturated rings. The van der Waals surface area contributed by atoms with Gasteiger partial charge in [-0.05, 0) is 48.7 Å². The van der Waals surface area contributed by atoms with Crippen LogP contribution in [0.5, 0.6) is 0 Å². The van der Waals surface area contributed by atoms with Gasteiger partial charge in [-0.15, -0.1) is 12.4 Å². The van der Waals surface area contributed by atoms with E-state index < -0.39 is 0 Å². The van der Waals surface area contributed by atoms with E-state index in [-0.39, 0.29) is 18.4 Å². The van der Waals surface area contributed by atoms with Gasteiger partial charge in [0.25, 0.3) is 0 Å². The van der Waals surface area contributed by atoms with Crippen molar-refractivity contribution in [1.82, 2.24) is 4.90 Å². The second-order valence-electron chi connectivity index (χ2n) is 7.04. The lowest BCUT2D eigenvalue weighted by Crippen LogP contribution is -2.30. The van der Waals surface area contributed by atoms with Crippen LogP contribution in [0, 0.1) is 0 Å². The fourth-order valence-electron chi connectivity index (χ4n) is 3.00. The molecule has 0 bridgehead atoms. The van der Waals surface area contributed by atoms with Crippen LogP contribution in [0.25, 0.3) is 17.2 Å². The summed E-state index contributed by atoms with van der Waals surface area (Å²) in [6, 6.07) is 18.4. The molecule has 0 saturated heterocycles. The normalized spacial score (nSPS) is 10.9. The smallest absolute Gasteiger partial charge is 0.330 e. The van der Waals surface area contributed by atoms with E-state index in [1.165, 1.54) is 42.9 Å². The topological polar surface area (TPSA) is 29.5 Å². The second kappa shape index (κ2) is 14.8. The van der Waals surface area contributed by atoms with Gasteiger partial charge in [0.1, 0.15) is 6.61 Å². The number of hydrogen-bond acceptors (Lipinski definition) is 3. The fraction of sp³-hybridized carbons (Fsp3) is 0.400. The van der Waals surface area contributed by atoms with Gasteiger partial charge in [0.2, 0.25) is 0 Å². The predicted octanol–water partition coefficient (Wildman–Crippen LogP) is 6.23. The highest BCUT2D eigenvalue weighted by atomic mass is 35.5. The van der Waals surface area contributed by atoms with Gasteiger partial charge in [0, 0.05) is 12.6 Å². The van der Waals surface area contributed by atoms with Crippen molar-refractivity contribution in [2.75, 3.05) is 26.2 Å². The Kier molecular flexibility index (Phi) is 12.8. The third-order valence-corrected chi connectivity index (χ3v) is 4.74. The Hall–Kier alpha value is -2.10. The van der Waals surface area contributed by atoms with Gasteiger partial charge in [0.05, 0.1) is 0 Å². The number of esters is 1. The molecule has 0 aromatic heterocycles. The average Bonchev–Trinajstić information content (AvgIpc) is 2.74. The van der Waals surface area contributed by atoms with Crippen LogP contribution in [0.3, 0.4) is 0 Å². The lowest BCUT2D eigenvalue weighted by Gasteiger charge is -2.21. The fourth-order valence-corrected chi connectivity index (χ4v) is 3.00. The van der Waals surface area contributed by atoms with Crippen molar-refractivity contribution in [2.45, 2.75) is 39.5 Å². The maximum Gasteiger partial charge on any atom is 0.330 e. The van der Waals surface area contributed by atoms with Gasteiger partial charge in [-0.3, -0.25) is 4.90 Å². The molecule has 0 atom stereocenters. The number of benzene rings is 2. The van der Waals surface area contributed by atoms with Crippen LogP contribution in [-0.4, -0.2) is 37.1 Å². The Bertz CT molecular complexity index is 705. The van der Waals surface area contributed by atoms with Gasteiger partial charge < -0.3 is 4.74 Å². The minimum Gasteiger partial charge on any atom is -0.461 e. The minimum absolute atomic E-state index is 0. The SMILES string of the molecule is CCCCN(CCCC)CCOC(=O)/C=C\c1ccc(-c2ccccc2)cc1.Cl. The Morgan fingerprint density at radius 2 is 1.45 bits per heavy atom. The first-order chi connectivity index (χ1) is 13.7. The molecule has 0 aliphatic carbocycles. The molecule has 158 valence electrons. The molecule has 0 amide bonds. The quantitative estimate of drug-likeness (QED) is 0.304. The molecule has 2 aromatic rings. The van der Waals surface area contributed by atoms with Crippen molar-refractivity contribution >= 4 is 24.5 Å². The van der Waals surface area contributed by atoms with E-state index in [1.807, 2.05) is 36.4 Å². The summed E-state index contributed by atoms with van der Waals surface area (Å²) in [5.41, 5.74) is 3.34. The molecular formula is C25H34ClNO2. The molecule has 2 aromatic carbocycles. The van der Waals surface area contributed by atoms with E-state index in [4.69, 9.17) is 4.74 Å². The summed E-state index contributed by atoms with van der Waals surface area (Å²) in [7, 11) is 0. The largest absolute Gasteiger partial charge is 0.461 e. The van der Waals surface area contributed by atoms with Crippen LogP contribution < -0.4 is 0 Å². The Morgan fingerprint density at radius 3 is 2.03 bits per heavy atom. The first-order valence-corrected chi connectivity index (χ1v) is 10.5. The average molecular weight is 416 g/mol. The first kappa shape index (κ1) is 24.9.